The molecule has 0 bridgehead atoms. The summed E-state index contributed by atoms with van der Waals surface area (Å²) in [5, 5.41) is 17.1. The van der Waals surface area contributed by atoms with Gasteiger partial charge in [0.2, 0.25) is 47.3 Å². The Bertz CT molecular complexity index is 2590. The Hall–Kier alpha value is -6.56. The van der Waals surface area contributed by atoms with Crippen LogP contribution in [-0.4, -0.2) is 176 Å². The van der Waals surface area contributed by atoms with Crippen LogP contribution < -0.4 is 31.9 Å². The van der Waals surface area contributed by atoms with Crippen LogP contribution in [0.15, 0.2) is 60.7 Å². The van der Waals surface area contributed by atoms with Crippen molar-refractivity contribution >= 4 is 83.0 Å². The lowest BCUT2D eigenvalue weighted by molar-refractivity contribution is -0.144. The van der Waals surface area contributed by atoms with Crippen LogP contribution in [0.4, 0.5) is 9.59 Å². The van der Waals surface area contributed by atoms with Crippen LogP contribution >= 0.6 is 23.5 Å². The maximum absolute atomic E-state index is 14.6. The molecule has 86 heavy (non-hydrogen) atoms. The Labute approximate surface area is 515 Å². The molecule has 4 heterocycles. The van der Waals surface area contributed by atoms with Gasteiger partial charge in [-0.1, -0.05) is 88.4 Å². The van der Waals surface area contributed by atoms with E-state index in [9.17, 15) is 47.9 Å². The highest BCUT2D eigenvalue weighted by Crippen LogP contribution is 2.48. The number of fused-ring (bicyclic) bond motifs is 2. The largest absolute Gasteiger partial charge is 0.444 e. The highest BCUT2D eigenvalue weighted by Gasteiger charge is 2.56. The second-order valence-corrected chi connectivity index (χ2v) is 28.9. The maximum atomic E-state index is 14.6. The fourth-order valence-corrected chi connectivity index (χ4v) is 14.4. The van der Waals surface area contributed by atoms with Gasteiger partial charge in [-0.15, -0.1) is 23.5 Å². The minimum absolute atomic E-state index is 0.0215. The van der Waals surface area contributed by atoms with Gasteiger partial charge < -0.3 is 51.2 Å². The quantitative estimate of drug-likeness (QED) is 0.0765. The smallest absolute Gasteiger partial charge is 0.410 e. The Balaban J connectivity index is 1.02. The van der Waals surface area contributed by atoms with Crippen LogP contribution in [0, 0.1) is 10.8 Å². The molecule has 10 amide bonds. The lowest BCUT2D eigenvalue weighted by Gasteiger charge is -2.35. The van der Waals surface area contributed by atoms with E-state index in [1.807, 2.05) is 88.4 Å². The molecule has 24 heteroatoms. The first-order valence-electron chi connectivity index (χ1n) is 29.8. The normalized spacial score (nSPS) is 23.0. The minimum Gasteiger partial charge on any atom is -0.444 e. The van der Waals surface area contributed by atoms with Gasteiger partial charge in [-0.05, 0) is 127 Å². The van der Waals surface area contributed by atoms with E-state index in [0.29, 0.717) is 37.2 Å². The molecule has 10 atom stereocenters. The zero-order valence-electron chi connectivity index (χ0n) is 52.5. The van der Waals surface area contributed by atoms with E-state index in [1.54, 1.807) is 88.7 Å². The highest BCUT2D eigenvalue weighted by molar-refractivity contribution is 8.00. The highest BCUT2D eigenvalue weighted by atomic mass is 32.2. The third-order valence-corrected chi connectivity index (χ3v) is 18.6. The summed E-state index contributed by atoms with van der Waals surface area (Å²) in [6, 6.07) is 11.7. The summed E-state index contributed by atoms with van der Waals surface area (Å²) in [6.07, 6.45) is 0.849. The number of nitrogens with one attached hydrogen (secondary N) is 6. The van der Waals surface area contributed by atoms with Gasteiger partial charge in [-0.3, -0.25) is 48.2 Å². The average Bonchev–Trinajstić information content (AvgIpc) is 1.69. The summed E-state index contributed by atoms with van der Waals surface area (Å²) < 4.78 is 10.9. The first-order chi connectivity index (χ1) is 40.2. The zero-order valence-corrected chi connectivity index (χ0v) is 54.2. The van der Waals surface area contributed by atoms with Crippen molar-refractivity contribution in [2.75, 3.05) is 38.7 Å². The molecule has 0 saturated carbocycles. The lowest BCUT2D eigenvalue weighted by Crippen LogP contribution is -2.58. The van der Waals surface area contributed by atoms with Crippen molar-refractivity contribution in [3.63, 3.8) is 0 Å². The zero-order chi connectivity index (χ0) is 63.6. The number of benzene rings is 2. The maximum Gasteiger partial charge on any atom is 0.410 e. The van der Waals surface area contributed by atoms with Crippen molar-refractivity contribution in [2.45, 2.75) is 205 Å². The number of ether oxygens (including phenoxy) is 2. The van der Waals surface area contributed by atoms with Crippen LogP contribution in [0.2, 0.25) is 0 Å². The van der Waals surface area contributed by atoms with Crippen LogP contribution in [-0.2, 0) is 47.8 Å². The first kappa shape index (κ1) is 68.6. The van der Waals surface area contributed by atoms with Gasteiger partial charge in [0.25, 0.3) is 0 Å². The van der Waals surface area contributed by atoms with Gasteiger partial charge in [0.05, 0.1) is 22.8 Å². The summed E-state index contributed by atoms with van der Waals surface area (Å²) in [4.78, 5) is 143. The Morgan fingerprint density at radius 2 is 0.919 bits per heavy atom. The summed E-state index contributed by atoms with van der Waals surface area (Å²) in [6.45, 7) is 21.5. The minimum atomic E-state index is -0.951. The summed E-state index contributed by atoms with van der Waals surface area (Å²) in [5.41, 5.74) is -1.33. The molecule has 4 aliphatic heterocycles. The monoisotopic (exact) mass is 1230 g/mol. The number of hydrogen-bond acceptors (Lipinski definition) is 14. The molecule has 0 spiro atoms. The summed E-state index contributed by atoms with van der Waals surface area (Å²) in [7, 11) is 2.92. The summed E-state index contributed by atoms with van der Waals surface area (Å²) >= 11 is 3.12. The van der Waals surface area contributed by atoms with Crippen molar-refractivity contribution in [3.05, 3.63) is 71.8 Å². The second kappa shape index (κ2) is 29.0. The van der Waals surface area contributed by atoms with Gasteiger partial charge >= 0.3 is 12.2 Å². The topological polar surface area (TPSA) is 274 Å². The number of likely N-dealkylation sites (N-methyl/N-ethyl adjacent to an activating group) is 2. The third kappa shape index (κ3) is 18.0. The molecule has 0 aliphatic carbocycles. The third-order valence-electron chi connectivity index (χ3n) is 16.1. The predicted octanol–water partition coefficient (Wildman–Crippen LogP) is 6.15. The van der Waals surface area contributed by atoms with E-state index in [4.69, 9.17) is 9.47 Å². The van der Waals surface area contributed by atoms with Gasteiger partial charge in [-0.25, -0.2) is 9.59 Å². The van der Waals surface area contributed by atoms with Crippen LogP contribution in [0.25, 0.3) is 0 Å². The molecule has 2 aromatic rings. The molecular weight excluding hydrogens is 1140 g/mol. The van der Waals surface area contributed by atoms with Gasteiger partial charge in [-0.2, -0.15) is 0 Å². The van der Waals surface area contributed by atoms with E-state index in [1.165, 1.54) is 23.9 Å². The number of hydrogen-bond donors (Lipinski definition) is 6. The molecule has 0 radical (unpaired) electrons. The second-order valence-electron chi connectivity index (χ2n) is 26.3. The van der Waals surface area contributed by atoms with E-state index < -0.39 is 94.4 Å². The molecule has 0 aromatic heterocycles. The summed E-state index contributed by atoms with van der Waals surface area (Å²) in [5.74, 6) is -2.12. The number of amides is 10. The van der Waals surface area contributed by atoms with Crippen molar-refractivity contribution in [2.24, 2.45) is 10.8 Å². The van der Waals surface area contributed by atoms with Crippen LogP contribution in [0.1, 0.15) is 158 Å². The molecule has 22 nitrogen and oxygen atoms in total. The van der Waals surface area contributed by atoms with E-state index in [2.05, 4.69) is 31.9 Å². The van der Waals surface area contributed by atoms with E-state index >= 15 is 0 Å². The van der Waals surface area contributed by atoms with Gasteiger partial charge in [0.1, 0.15) is 47.5 Å². The molecule has 6 rings (SSSR count). The van der Waals surface area contributed by atoms with Crippen molar-refractivity contribution in [1.29, 1.82) is 0 Å². The van der Waals surface area contributed by atoms with E-state index in [0.717, 1.165) is 11.1 Å². The number of carbonyl (C=O) groups is 10. The lowest BCUT2D eigenvalue weighted by atomic mass is 9.83. The molecule has 4 fully saturated rings. The Morgan fingerprint density at radius 1 is 0.581 bits per heavy atom. The number of thioether (sulfide) groups is 2. The van der Waals surface area contributed by atoms with Gasteiger partial charge in [0.15, 0.2) is 0 Å². The molecule has 474 valence electrons. The SMILES string of the molecule is C[C@@H](C(=O)N[C@H]1CCS[C@H]2CC(C)(C)[C@@H](C(=O)N[C@H](CCC(=O)NCCNC(=O)CC[C@@H](NC(=O)[C@H]3N4C(=O)[C@@H](NC(=O)[C@H](C)N(C)C(=O)OC(C)(C)C)CCS[C@H]4CC3(C)C)c3ccccc3)c3ccccc3)N2C1=O)N(C)C(=O)OC(C)(C)C. The first-order valence-corrected chi connectivity index (χ1v) is 31.9. The van der Waals surface area contributed by atoms with Gasteiger partial charge in [0, 0.05) is 40.0 Å². The Kier molecular flexibility index (Phi) is 23.1. The molecular formula is C62H92N10O12S2. The fourth-order valence-electron chi connectivity index (χ4n) is 11.3. The Morgan fingerprint density at radius 3 is 1.24 bits per heavy atom. The predicted molar refractivity (Wildman–Crippen MR) is 330 cm³/mol. The van der Waals surface area contributed by atoms with Crippen LogP contribution in [0.5, 0.6) is 0 Å². The molecule has 2 aromatic carbocycles. The molecule has 6 N–H and O–H groups in total. The molecule has 0 unspecified atom stereocenters. The number of nitrogens with zero attached hydrogens (tertiary/aromatic N) is 4. The van der Waals surface area contributed by atoms with Crippen molar-refractivity contribution in [3.8, 4) is 0 Å². The van der Waals surface area contributed by atoms with Crippen molar-refractivity contribution < 1.29 is 57.4 Å². The number of rotatable bonds is 21. The molecule has 4 aliphatic rings. The average molecular weight is 1230 g/mol. The van der Waals surface area contributed by atoms with E-state index in [-0.39, 0.29) is 85.0 Å². The van der Waals surface area contributed by atoms with Crippen molar-refractivity contribution in [1.82, 2.24) is 51.5 Å². The standard InChI is InChI=1S/C62H92N10O12S2/c1-37(69(13)57(81)83-59(3,4)5)51(75)67-43-29-33-85-47-35-61(9,10)49(71(47)55(43)79)53(77)65-41(39-21-17-15-18-22-39)25-27-45(73)63-31-32-64-46(74)28-26-42(40-23-19-16-20-24-40)66-54(78)50-62(11,12)36-48-72(50)56(80)44(30-34-86-48)68-52(76)38(2)70(14)58(82)84-60(6,7)8/h15-24,37-38,41-44,47-50H,25-36H2,1-14H3,(H,63,73)(H,64,74)(H,65,77)(H,66,78)(H,67,75)(H,68,76)/t37-,38-,41+,42+,43-,44-,47-,48-,49+,50+/m0/s1. The fraction of sp³-hybridized carbons (Fsp3) is 0.645. The molecule has 4 saturated heterocycles. The van der Waals surface area contributed by atoms with Crippen LogP contribution in [0.3, 0.4) is 0 Å². The number of carbonyl (C=O) groups excluding carboxylic acids is 10.